The highest BCUT2D eigenvalue weighted by Crippen LogP contribution is 2.27. The van der Waals surface area contributed by atoms with Crippen molar-refractivity contribution in [2.24, 2.45) is 0 Å². The Morgan fingerprint density at radius 2 is 2.04 bits per heavy atom. The van der Waals surface area contributed by atoms with E-state index in [-0.39, 0.29) is 5.91 Å². The van der Waals surface area contributed by atoms with Crippen molar-refractivity contribution in [2.75, 3.05) is 5.32 Å². The summed E-state index contributed by atoms with van der Waals surface area (Å²) in [4.78, 5) is 12.3. The molecular weight excluding hydrogens is 372 g/mol. The van der Waals surface area contributed by atoms with Gasteiger partial charge in [0.05, 0.1) is 16.9 Å². The lowest BCUT2D eigenvalue weighted by Gasteiger charge is -2.09. The first-order chi connectivity index (χ1) is 12.5. The number of amides is 1. The first-order valence-electron chi connectivity index (χ1n) is 7.62. The van der Waals surface area contributed by atoms with Crippen LogP contribution in [0.3, 0.4) is 0 Å². The smallest absolute Gasteiger partial charge is 0.277 e. The minimum Gasteiger partial charge on any atom is -0.411 e. The Kier molecular flexibility index (Phi) is 5.56. The summed E-state index contributed by atoms with van der Waals surface area (Å²) in [5.41, 5.74) is 1.86. The topological polar surface area (TPSA) is 91.8 Å². The van der Waals surface area contributed by atoms with E-state index in [1.165, 1.54) is 0 Å². The van der Waals surface area contributed by atoms with Gasteiger partial charge in [0, 0.05) is 16.3 Å². The van der Waals surface area contributed by atoms with Crippen LogP contribution in [0.5, 0.6) is 0 Å². The van der Waals surface area contributed by atoms with Crippen LogP contribution in [-0.2, 0) is 4.79 Å². The molecule has 3 rings (SSSR count). The quantitative estimate of drug-likeness (QED) is 0.656. The highest BCUT2D eigenvalue weighted by molar-refractivity contribution is 8.00. The fourth-order valence-electron chi connectivity index (χ4n) is 2.07. The van der Waals surface area contributed by atoms with Crippen molar-refractivity contribution in [3.63, 3.8) is 0 Å². The molecule has 1 amide bonds. The molecule has 8 heteroatoms. The molecule has 2 aromatic carbocycles. The van der Waals surface area contributed by atoms with Gasteiger partial charge in [0.15, 0.2) is 0 Å². The van der Waals surface area contributed by atoms with E-state index >= 15 is 0 Å². The van der Waals surface area contributed by atoms with E-state index in [0.717, 1.165) is 11.8 Å². The molecule has 130 valence electrons. The zero-order valence-electron chi connectivity index (χ0n) is 13.6. The van der Waals surface area contributed by atoms with Gasteiger partial charge in [-0.15, -0.1) is 10.2 Å². The van der Waals surface area contributed by atoms with Crippen LogP contribution >= 0.6 is 23.4 Å². The molecule has 3 aromatic rings. The predicted octanol–water partition coefficient (Wildman–Crippen LogP) is 4.38. The maximum absolute atomic E-state index is 12.3. The number of carbonyl (C=O) groups excluding carboxylic acids is 1. The van der Waals surface area contributed by atoms with Gasteiger partial charge in [0.25, 0.3) is 5.22 Å². The number of halogens is 1. The van der Waals surface area contributed by atoms with Crippen molar-refractivity contribution in [3.05, 3.63) is 59.1 Å². The van der Waals surface area contributed by atoms with E-state index in [1.54, 1.807) is 49.4 Å². The number of hydrogen-bond donors (Lipinski definition) is 1. The van der Waals surface area contributed by atoms with Crippen molar-refractivity contribution in [1.29, 1.82) is 5.26 Å². The molecule has 0 spiro atoms. The van der Waals surface area contributed by atoms with Gasteiger partial charge in [0.1, 0.15) is 0 Å². The van der Waals surface area contributed by atoms with E-state index < -0.39 is 5.25 Å². The van der Waals surface area contributed by atoms with Crippen LogP contribution in [0, 0.1) is 11.3 Å². The van der Waals surface area contributed by atoms with E-state index in [1.807, 2.05) is 12.1 Å². The number of thioether (sulfide) groups is 1. The van der Waals surface area contributed by atoms with Gasteiger partial charge in [-0.25, -0.2) is 0 Å². The van der Waals surface area contributed by atoms with Crippen LogP contribution in [0.25, 0.3) is 11.5 Å². The Hall–Kier alpha value is -2.82. The van der Waals surface area contributed by atoms with E-state index in [9.17, 15) is 4.79 Å². The van der Waals surface area contributed by atoms with Crippen LogP contribution in [0.15, 0.2) is 58.2 Å². The van der Waals surface area contributed by atoms with Crippen molar-refractivity contribution in [2.45, 2.75) is 17.4 Å². The number of nitriles is 1. The second-order valence-electron chi connectivity index (χ2n) is 5.32. The first kappa shape index (κ1) is 18.0. The Morgan fingerprint density at radius 3 is 2.73 bits per heavy atom. The normalized spacial score (nSPS) is 11.6. The number of rotatable bonds is 5. The summed E-state index contributed by atoms with van der Waals surface area (Å²) in [6.45, 7) is 1.74. The summed E-state index contributed by atoms with van der Waals surface area (Å²) >= 11 is 7.12. The van der Waals surface area contributed by atoms with Crippen LogP contribution in [0.4, 0.5) is 5.69 Å². The molecule has 0 aliphatic rings. The van der Waals surface area contributed by atoms with Crippen LogP contribution in [-0.4, -0.2) is 21.4 Å². The number of anilines is 1. The highest BCUT2D eigenvalue weighted by atomic mass is 35.5. The van der Waals surface area contributed by atoms with Gasteiger partial charge < -0.3 is 9.73 Å². The summed E-state index contributed by atoms with van der Waals surface area (Å²) < 4.78 is 5.59. The molecule has 1 N–H and O–H groups in total. The second-order valence-corrected chi connectivity index (χ2v) is 7.05. The lowest BCUT2D eigenvalue weighted by atomic mass is 10.2. The number of hydrogen-bond acceptors (Lipinski definition) is 6. The van der Waals surface area contributed by atoms with E-state index in [2.05, 4.69) is 15.5 Å². The number of nitrogens with one attached hydrogen (secondary N) is 1. The third-order valence-electron chi connectivity index (χ3n) is 3.41. The zero-order valence-corrected chi connectivity index (χ0v) is 15.2. The van der Waals surface area contributed by atoms with Gasteiger partial charge in [0.2, 0.25) is 11.8 Å². The summed E-state index contributed by atoms with van der Waals surface area (Å²) in [7, 11) is 0. The summed E-state index contributed by atoms with van der Waals surface area (Å²) in [5, 5.41) is 19.9. The SMILES string of the molecule is C[C@@H](Sc1nnc(-c2cccc(Cl)c2)o1)C(=O)Nc1ccc(C#N)cc1. The maximum atomic E-state index is 12.3. The number of aromatic nitrogens is 2. The molecule has 0 fully saturated rings. The largest absolute Gasteiger partial charge is 0.411 e. The van der Waals surface area contributed by atoms with Crippen molar-refractivity contribution < 1.29 is 9.21 Å². The zero-order chi connectivity index (χ0) is 18.5. The molecule has 0 saturated heterocycles. The minimum atomic E-state index is -0.446. The molecule has 1 heterocycles. The second kappa shape index (κ2) is 8.04. The Balaban J connectivity index is 1.63. The lowest BCUT2D eigenvalue weighted by Crippen LogP contribution is -2.22. The van der Waals surface area contributed by atoms with Gasteiger partial charge >= 0.3 is 0 Å². The standard InChI is InChI=1S/C18H13ClN4O2S/c1-11(16(24)21-15-7-5-12(10-20)6-8-15)26-18-23-22-17(25-18)13-3-2-4-14(19)9-13/h2-9,11H,1H3,(H,21,24)/t11-/m1/s1. The Labute approximate surface area is 159 Å². The van der Waals surface area contributed by atoms with Crippen molar-refractivity contribution >= 4 is 35.0 Å². The summed E-state index contributed by atoms with van der Waals surface area (Å²) in [5.74, 6) is 0.136. The monoisotopic (exact) mass is 384 g/mol. The molecule has 6 nitrogen and oxygen atoms in total. The molecular formula is C18H13ClN4O2S. The highest BCUT2D eigenvalue weighted by Gasteiger charge is 2.19. The van der Waals surface area contributed by atoms with Crippen molar-refractivity contribution in [1.82, 2.24) is 10.2 Å². The summed E-state index contributed by atoms with van der Waals surface area (Å²) in [6, 6.07) is 15.8. The van der Waals surface area contributed by atoms with Gasteiger partial charge in [-0.1, -0.05) is 29.4 Å². The molecule has 0 unspecified atom stereocenters. The van der Waals surface area contributed by atoms with E-state index in [0.29, 0.717) is 33.0 Å². The third kappa shape index (κ3) is 4.42. The fourth-order valence-corrected chi connectivity index (χ4v) is 2.95. The van der Waals surface area contributed by atoms with Crippen molar-refractivity contribution in [3.8, 4) is 17.5 Å². The number of carbonyl (C=O) groups is 1. The maximum Gasteiger partial charge on any atom is 0.277 e. The molecule has 0 radical (unpaired) electrons. The van der Waals surface area contributed by atoms with Gasteiger partial charge in [-0.3, -0.25) is 4.79 Å². The average molecular weight is 385 g/mol. The molecule has 0 aliphatic carbocycles. The predicted molar refractivity (Wildman–Crippen MR) is 99.8 cm³/mol. The molecule has 0 saturated carbocycles. The Bertz CT molecular complexity index is 966. The van der Waals surface area contributed by atoms with Crippen LogP contribution < -0.4 is 5.32 Å². The van der Waals surface area contributed by atoms with Gasteiger partial charge in [-0.05, 0) is 49.4 Å². The first-order valence-corrected chi connectivity index (χ1v) is 8.88. The fraction of sp³-hybridized carbons (Fsp3) is 0.111. The molecule has 0 aliphatic heterocycles. The molecule has 0 bridgehead atoms. The number of benzene rings is 2. The average Bonchev–Trinajstić information content (AvgIpc) is 3.11. The minimum absolute atomic E-state index is 0.206. The van der Waals surface area contributed by atoms with Crippen LogP contribution in [0.2, 0.25) is 5.02 Å². The molecule has 26 heavy (non-hydrogen) atoms. The number of nitrogens with zero attached hydrogens (tertiary/aromatic N) is 3. The lowest BCUT2D eigenvalue weighted by molar-refractivity contribution is -0.115. The molecule has 1 atom stereocenters. The summed E-state index contributed by atoms with van der Waals surface area (Å²) in [6.07, 6.45) is 0. The van der Waals surface area contributed by atoms with Gasteiger partial charge in [-0.2, -0.15) is 5.26 Å². The Morgan fingerprint density at radius 1 is 1.27 bits per heavy atom. The third-order valence-corrected chi connectivity index (χ3v) is 4.58. The molecule has 1 aromatic heterocycles. The van der Waals surface area contributed by atoms with Crippen LogP contribution in [0.1, 0.15) is 12.5 Å². The van der Waals surface area contributed by atoms with E-state index in [4.69, 9.17) is 21.3 Å².